The van der Waals surface area contributed by atoms with Crippen molar-refractivity contribution in [3.05, 3.63) is 90.4 Å². The number of hydrogen-bond acceptors (Lipinski definition) is 4. The van der Waals surface area contributed by atoms with Crippen LogP contribution < -0.4 is 4.72 Å². The first-order valence-electron chi connectivity index (χ1n) is 8.38. The fourth-order valence-electron chi connectivity index (χ4n) is 2.74. The Balaban J connectivity index is 1.58. The summed E-state index contributed by atoms with van der Waals surface area (Å²) in [7, 11) is -3.81. The van der Waals surface area contributed by atoms with Gasteiger partial charge in [0.1, 0.15) is 10.7 Å². The van der Waals surface area contributed by atoms with E-state index >= 15 is 0 Å². The molecule has 0 unspecified atom stereocenters. The number of para-hydroxylation sites is 1. The molecule has 1 N–H and O–H groups in total. The lowest BCUT2D eigenvalue weighted by molar-refractivity contribution is 0.600. The van der Waals surface area contributed by atoms with Gasteiger partial charge in [-0.1, -0.05) is 42.5 Å². The van der Waals surface area contributed by atoms with E-state index < -0.39 is 10.0 Å². The van der Waals surface area contributed by atoms with Crippen molar-refractivity contribution in [2.24, 2.45) is 0 Å². The van der Waals surface area contributed by atoms with Crippen molar-refractivity contribution in [3.8, 4) is 11.3 Å². The highest BCUT2D eigenvalue weighted by molar-refractivity contribution is 7.92. The van der Waals surface area contributed by atoms with Crippen molar-refractivity contribution in [3.63, 3.8) is 0 Å². The molecule has 4 rings (SSSR count). The molecule has 0 fully saturated rings. The number of hydrogen-bond donors (Lipinski definition) is 1. The van der Waals surface area contributed by atoms with Gasteiger partial charge in [-0.3, -0.25) is 9.71 Å². The summed E-state index contributed by atoms with van der Waals surface area (Å²) >= 11 is 0. The van der Waals surface area contributed by atoms with Crippen molar-refractivity contribution in [1.29, 1.82) is 0 Å². The van der Waals surface area contributed by atoms with Crippen molar-refractivity contribution in [1.82, 2.24) is 9.97 Å². The normalized spacial score (nSPS) is 11.1. The Kier molecular flexibility index (Phi) is 4.47. The van der Waals surface area contributed by atoms with Crippen LogP contribution in [0, 0.1) is 6.57 Å². The molecule has 0 saturated carbocycles. The quantitative estimate of drug-likeness (QED) is 0.518. The maximum absolute atomic E-state index is 12.6. The number of benzene rings is 2. The smallest absolute Gasteiger partial charge is 0.263 e. The zero-order valence-corrected chi connectivity index (χ0v) is 15.4. The number of fused-ring (bicyclic) bond motifs is 1. The third-order valence-electron chi connectivity index (χ3n) is 4.18. The number of anilines is 1. The van der Waals surface area contributed by atoms with Crippen LogP contribution in [0.2, 0.25) is 0 Å². The lowest BCUT2D eigenvalue weighted by atomic mass is 10.1. The molecule has 0 radical (unpaired) electrons. The Morgan fingerprint density at radius 2 is 1.68 bits per heavy atom. The van der Waals surface area contributed by atoms with Gasteiger partial charge in [-0.25, -0.2) is 18.2 Å². The monoisotopic (exact) mass is 386 g/mol. The summed E-state index contributed by atoms with van der Waals surface area (Å²) in [5.41, 5.74) is 2.67. The summed E-state index contributed by atoms with van der Waals surface area (Å²) in [6.07, 6.45) is 1.31. The zero-order chi connectivity index (χ0) is 19.6. The molecule has 0 aliphatic carbocycles. The topological polar surface area (TPSA) is 76.3 Å². The molecule has 0 amide bonds. The number of nitrogens with one attached hydrogen (secondary N) is 1. The average Bonchev–Trinajstić information content (AvgIpc) is 2.73. The fourth-order valence-corrected chi connectivity index (χ4v) is 3.68. The van der Waals surface area contributed by atoms with E-state index in [1.807, 2.05) is 30.3 Å². The summed E-state index contributed by atoms with van der Waals surface area (Å²) in [4.78, 5) is 12.0. The van der Waals surface area contributed by atoms with Gasteiger partial charge in [0.2, 0.25) is 0 Å². The minimum atomic E-state index is -3.81. The van der Waals surface area contributed by atoms with Gasteiger partial charge < -0.3 is 0 Å². The third-order valence-corrected chi connectivity index (χ3v) is 5.52. The largest absolute Gasteiger partial charge is 0.264 e. The molecule has 0 spiro atoms. The van der Waals surface area contributed by atoms with Crippen LogP contribution in [0.15, 0.2) is 83.9 Å². The summed E-state index contributed by atoms with van der Waals surface area (Å²) < 4.78 is 27.8. The van der Waals surface area contributed by atoms with Crippen molar-refractivity contribution in [2.45, 2.75) is 4.90 Å². The number of aromatic nitrogens is 2. The summed E-state index contributed by atoms with van der Waals surface area (Å²) in [6.45, 7) is 6.98. The number of nitrogens with zero attached hydrogens (tertiary/aromatic N) is 3. The molecule has 0 atom stereocenters. The molecule has 2 aromatic heterocycles. The molecular weight excluding hydrogens is 372 g/mol. The Hall–Kier alpha value is -3.76. The van der Waals surface area contributed by atoms with E-state index in [0.717, 1.165) is 10.9 Å². The van der Waals surface area contributed by atoms with E-state index in [4.69, 9.17) is 6.57 Å². The predicted octanol–water partition coefficient (Wildman–Crippen LogP) is 4.65. The van der Waals surface area contributed by atoms with E-state index in [1.165, 1.54) is 12.3 Å². The molecule has 2 heterocycles. The van der Waals surface area contributed by atoms with E-state index in [-0.39, 0.29) is 10.7 Å². The molecule has 28 heavy (non-hydrogen) atoms. The SMILES string of the molecule is [C-]#[N+]c1ccc(-c2ccc(S(=O)(=O)Nc3ccc4ccccc4n3)cn2)cc1. The molecule has 0 bridgehead atoms. The molecular formula is C21H14N4O2S. The van der Waals surface area contributed by atoms with Crippen LogP contribution >= 0.6 is 0 Å². The highest BCUT2D eigenvalue weighted by atomic mass is 32.2. The number of pyridine rings is 2. The molecule has 136 valence electrons. The number of rotatable bonds is 4. The van der Waals surface area contributed by atoms with Crippen LogP contribution in [-0.4, -0.2) is 18.4 Å². The van der Waals surface area contributed by atoms with Crippen LogP contribution in [0.4, 0.5) is 11.5 Å². The summed E-state index contributed by atoms with van der Waals surface area (Å²) in [6, 6.07) is 21.0. The Morgan fingerprint density at radius 1 is 0.893 bits per heavy atom. The lowest BCUT2D eigenvalue weighted by Gasteiger charge is -2.09. The number of sulfonamides is 1. The molecule has 2 aromatic carbocycles. The second-order valence-electron chi connectivity index (χ2n) is 6.03. The van der Waals surface area contributed by atoms with Crippen LogP contribution in [0.3, 0.4) is 0 Å². The van der Waals surface area contributed by atoms with E-state index in [0.29, 0.717) is 16.9 Å². The minimum absolute atomic E-state index is 0.0454. The Morgan fingerprint density at radius 3 is 2.39 bits per heavy atom. The highest BCUT2D eigenvalue weighted by Crippen LogP contribution is 2.23. The van der Waals surface area contributed by atoms with Crippen molar-refractivity contribution in [2.75, 3.05) is 4.72 Å². The van der Waals surface area contributed by atoms with Gasteiger partial charge in [0, 0.05) is 11.6 Å². The van der Waals surface area contributed by atoms with Crippen molar-refractivity contribution < 1.29 is 8.42 Å². The van der Waals surface area contributed by atoms with Gasteiger partial charge in [0.15, 0.2) is 5.69 Å². The first-order valence-corrected chi connectivity index (χ1v) is 9.86. The zero-order valence-electron chi connectivity index (χ0n) is 14.6. The maximum Gasteiger partial charge on any atom is 0.264 e. The lowest BCUT2D eigenvalue weighted by Crippen LogP contribution is -2.14. The Bertz CT molecular complexity index is 1290. The minimum Gasteiger partial charge on any atom is -0.263 e. The van der Waals surface area contributed by atoms with Crippen molar-refractivity contribution >= 4 is 32.4 Å². The van der Waals surface area contributed by atoms with Gasteiger partial charge in [-0.2, -0.15) is 0 Å². The van der Waals surface area contributed by atoms with Crippen LogP contribution in [-0.2, 0) is 10.0 Å². The second-order valence-corrected chi connectivity index (χ2v) is 7.71. The summed E-state index contributed by atoms with van der Waals surface area (Å²) in [5.74, 6) is 0.248. The molecule has 4 aromatic rings. The van der Waals surface area contributed by atoms with Gasteiger partial charge in [0.05, 0.1) is 17.8 Å². The fraction of sp³-hybridized carbons (Fsp3) is 0. The molecule has 7 heteroatoms. The highest BCUT2D eigenvalue weighted by Gasteiger charge is 2.16. The van der Waals surface area contributed by atoms with Crippen LogP contribution in [0.25, 0.3) is 27.0 Å². The molecule has 6 nitrogen and oxygen atoms in total. The van der Waals surface area contributed by atoms with E-state index in [2.05, 4.69) is 19.5 Å². The average molecular weight is 386 g/mol. The van der Waals surface area contributed by atoms with E-state index in [9.17, 15) is 8.42 Å². The molecule has 0 saturated heterocycles. The predicted molar refractivity (Wildman–Crippen MR) is 108 cm³/mol. The maximum atomic E-state index is 12.6. The Labute approximate surface area is 162 Å². The van der Waals surface area contributed by atoms with Crippen LogP contribution in [0.1, 0.15) is 0 Å². The molecule has 0 aliphatic rings. The summed E-state index contributed by atoms with van der Waals surface area (Å²) in [5, 5.41) is 0.931. The second kappa shape index (κ2) is 7.10. The van der Waals surface area contributed by atoms with E-state index in [1.54, 1.807) is 36.4 Å². The standard InChI is InChI=1S/C21H14N4O2S/c1-22-17-9-6-16(7-10-17)19-12-11-18(14-23-19)28(26,27)25-21-13-8-15-4-2-3-5-20(15)24-21/h2-14H,(H,24,25). The van der Waals surface area contributed by atoms with Gasteiger partial charge >= 0.3 is 0 Å². The van der Waals surface area contributed by atoms with Gasteiger partial charge in [-0.05, 0) is 35.9 Å². The third kappa shape index (κ3) is 3.54. The first kappa shape index (κ1) is 17.6. The molecule has 0 aliphatic heterocycles. The van der Waals surface area contributed by atoms with Crippen LogP contribution in [0.5, 0.6) is 0 Å². The first-order chi connectivity index (χ1) is 13.5. The van der Waals surface area contributed by atoms with Gasteiger partial charge in [0.25, 0.3) is 10.0 Å². The van der Waals surface area contributed by atoms with Gasteiger partial charge in [-0.15, -0.1) is 0 Å².